The second kappa shape index (κ2) is 6.59. The Morgan fingerprint density at radius 1 is 1.29 bits per heavy atom. The Labute approximate surface area is 142 Å². The molecule has 5 nitrogen and oxygen atoms in total. The summed E-state index contributed by atoms with van der Waals surface area (Å²) in [5.41, 5.74) is 2.97. The first-order valence-electron chi connectivity index (χ1n) is 8.55. The molecule has 1 amide bonds. The van der Waals surface area contributed by atoms with Gasteiger partial charge in [0, 0.05) is 18.4 Å². The van der Waals surface area contributed by atoms with Crippen LogP contribution in [0.5, 0.6) is 0 Å². The van der Waals surface area contributed by atoms with Crippen molar-refractivity contribution in [2.45, 2.75) is 47.1 Å². The molecule has 5 heteroatoms. The summed E-state index contributed by atoms with van der Waals surface area (Å²) in [5.74, 6) is 0.924. The standard InChI is InChI=1S/C19H24N4O/c1-5-8-23-19-15(18(22-23)21-17(24)9-12(2)3)11-14-10-13(4)6-7-16(14)20-19/h6-7,10-12H,5,8-9H2,1-4H3,(H,21,22,24). The molecule has 3 rings (SSSR count). The van der Waals surface area contributed by atoms with Crippen LogP contribution in [0.3, 0.4) is 0 Å². The zero-order chi connectivity index (χ0) is 17.3. The third kappa shape index (κ3) is 3.25. The van der Waals surface area contributed by atoms with Crippen LogP contribution in [0.1, 0.15) is 39.2 Å². The summed E-state index contributed by atoms with van der Waals surface area (Å²) >= 11 is 0. The number of carbonyl (C=O) groups is 1. The van der Waals surface area contributed by atoms with Gasteiger partial charge in [0.15, 0.2) is 11.5 Å². The van der Waals surface area contributed by atoms with Gasteiger partial charge in [0.05, 0.1) is 10.9 Å². The largest absolute Gasteiger partial charge is 0.309 e. The van der Waals surface area contributed by atoms with Crippen LogP contribution in [0.4, 0.5) is 5.82 Å². The van der Waals surface area contributed by atoms with Crippen molar-refractivity contribution in [3.05, 3.63) is 29.8 Å². The van der Waals surface area contributed by atoms with E-state index in [0.29, 0.717) is 18.2 Å². The van der Waals surface area contributed by atoms with Crippen LogP contribution in [0, 0.1) is 12.8 Å². The minimum absolute atomic E-state index is 0.00242. The average molecular weight is 324 g/mol. The number of anilines is 1. The summed E-state index contributed by atoms with van der Waals surface area (Å²) in [6, 6.07) is 8.28. The molecular weight excluding hydrogens is 300 g/mol. The van der Waals surface area contributed by atoms with Gasteiger partial charge in [0.1, 0.15) is 0 Å². The van der Waals surface area contributed by atoms with Crippen LogP contribution in [0.25, 0.3) is 21.9 Å². The summed E-state index contributed by atoms with van der Waals surface area (Å²) in [6.45, 7) is 9.02. The SMILES string of the molecule is CCCn1nc(NC(=O)CC(C)C)c2cc3cc(C)ccc3nc21. The number of pyridine rings is 1. The van der Waals surface area contributed by atoms with Crippen molar-refractivity contribution in [1.82, 2.24) is 14.8 Å². The smallest absolute Gasteiger partial charge is 0.225 e. The quantitative estimate of drug-likeness (QED) is 0.761. The molecule has 2 aromatic heterocycles. The summed E-state index contributed by atoms with van der Waals surface area (Å²) in [6.07, 6.45) is 1.45. The lowest BCUT2D eigenvalue weighted by Gasteiger charge is -2.05. The summed E-state index contributed by atoms with van der Waals surface area (Å²) in [4.78, 5) is 16.9. The number of nitrogens with one attached hydrogen (secondary N) is 1. The number of aryl methyl sites for hydroxylation is 2. The predicted molar refractivity (Wildman–Crippen MR) is 98.1 cm³/mol. The normalized spacial score (nSPS) is 11.5. The van der Waals surface area contributed by atoms with Gasteiger partial charge in [-0.3, -0.25) is 4.79 Å². The van der Waals surface area contributed by atoms with Crippen LogP contribution >= 0.6 is 0 Å². The zero-order valence-electron chi connectivity index (χ0n) is 14.8. The van der Waals surface area contributed by atoms with Crippen molar-refractivity contribution in [2.24, 2.45) is 5.92 Å². The highest BCUT2D eigenvalue weighted by Crippen LogP contribution is 2.27. The van der Waals surface area contributed by atoms with Gasteiger partial charge in [0.2, 0.25) is 5.91 Å². The number of hydrogen-bond donors (Lipinski definition) is 1. The Bertz CT molecular complexity index is 895. The predicted octanol–water partition coefficient (Wildman–Crippen LogP) is 4.29. The van der Waals surface area contributed by atoms with Crippen molar-refractivity contribution in [2.75, 3.05) is 5.32 Å². The van der Waals surface area contributed by atoms with Crippen LogP contribution < -0.4 is 5.32 Å². The Hall–Kier alpha value is -2.43. The molecule has 0 fully saturated rings. The molecule has 0 atom stereocenters. The summed E-state index contributed by atoms with van der Waals surface area (Å²) in [7, 11) is 0. The Morgan fingerprint density at radius 2 is 2.08 bits per heavy atom. The maximum Gasteiger partial charge on any atom is 0.225 e. The molecule has 0 saturated carbocycles. The van der Waals surface area contributed by atoms with Gasteiger partial charge in [-0.2, -0.15) is 5.10 Å². The number of amides is 1. The van der Waals surface area contributed by atoms with Crippen LogP contribution in [0.2, 0.25) is 0 Å². The number of carbonyl (C=O) groups excluding carboxylic acids is 1. The van der Waals surface area contributed by atoms with Gasteiger partial charge >= 0.3 is 0 Å². The van der Waals surface area contributed by atoms with E-state index in [-0.39, 0.29) is 5.91 Å². The van der Waals surface area contributed by atoms with E-state index < -0.39 is 0 Å². The molecule has 0 aliphatic heterocycles. The first-order chi connectivity index (χ1) is 11.5. The van der Waals surface area contributed by atoms with Crippen LogP contribution in [-0.4, -0.2) is 20.7 Å². The molecule has 0 bridgehead atoms. The molecule has 0 aliphatic rings. The van der Waals surface area contributed by atoms with Gasteiger partial charge in [-0.1, -0.05) is 32.4 Å². The van der Waals surface area contributed by atoms with Gasteiger partial charge in [0.25, 0.3) is 0 Å². The zero-order valence-corrected chi connectivity index (χ0v) is 14.8. The lowest BCUT2D eigenvalue weighted by molar-refractivity contribution is -0.116. The number of hydrogen-bond acceptors (Lipinski definition) is 3. The molecule has 0 spiro atoms. The van der Waals surface area contributed by atoms with E-state index in [2.05, 4.69) is 42.5 Å². The molecular formula is C19H24N4O. The van der Waals surface area contributed by atoms with E-state index in [1.54, 1.807) is 0 Å². The molecule has 3 aromatic rings. The minimum atomic E-state index is -0.00242. The van der Waals surface area contributed by atoms with Crippen LogP contribution in [-0.2, 0) is 11.3 Å². The van der Waals surface area contributed by atoms with Crippen molar-refractivity contribution in [1.29, 1.82) is 0 Å². The Balaban J connectivity index is 2.11. The van der Waals surface area contributed by atoms with Gasteiger partial charge in [-0.25, -0.2) is 9.67 Å². The lowest BCUT2D eigenvalue weighted by atomic mass is 10.1. The second-order valence-corrected chi connectivity index (χ2v) is 6.77. The highest BCUT2D eigenvalue weighted by Gasteiger charge is 2.15. The summed E-state index contributed by atoms with van der Waals surface area (Å²) < 4.78 is 1.89. The van der Waals surface area contributed by atoms with E-state index in [1.807, 2.05) is 24.6 Å². The van der Waals surface area contributed by atoms with Crippen molar-refractivity contribution >= 4 is 33.7 Å². The number of nitrogens with zero attached hydrogens (tertiary/aromatic N) is 3. The molecule has 2 heterocycles. The molecule has 0 unspecified atom stereocenters. The molecule has 0 aliphatic carbocycles. The molecule has 1 N–H and O–H groups in total. The topological polar surface area (TPSA) is 59.8 Å². The molecule has 126 valence electrons. The monoisotopic (exact) mass is 324 g/mol. The lowest BCUT2D eigenvalue weighted by Crippen LogP contribution is -2.14. The molecule has 1 aromatic carbocycles. The molecule has 24 heavy (non-hydrogen) atoms. The second-order valence-electron chi connectivity index (χ2n) is 6.77. The Morgan fingerprint density at radius 3 is 2.79 bits per heavy atom. The van der Waals surface area contributed by atoms with E-state index >= 15 is 0 Å². The van der Waals surface area contributed by atoms with E-state index in [0.717, 1.165) is 34.9 Å². The first kappa shape index (κ1) is 16.4. The number of aromatic nitrogens is 3. The van der Waals surface area contributed by atoms with E-state index in [1.165, 1.54) is 5.56 Å². The van der Waals surface area contributed by atoms with Gasteiger partial charge < -0.3 is 5.32 Å². The summed E-state index contributed by atoms with van der Waals surface area (Å²) in [5, 5.41) is 9.53. The minimum Gasteiger partial charge on any atom is -0.309 e. The molecule has 0 radical (unpaired) electrons. The third-order valence-electron chi connectivity index (χ3n) is 3.96. The van der Waals surface area contributed by atoms with E-state index in [4.69, 9.17) is 4.98 Å². The third-order valence-corrected chi connectivity index (χ3v) is 3.96. The highest BCUT2D eigenvalue weighted by atomic mass is 16.1. The number of benzene rings is 1. The number of fused-ring (bicyclic) bond motifs is 2. The van der Waals surface area contributed by atoms with Gasteiger partial charge in [-0.15, -0.1) is 0 Å². The highest BCUT2D eigenvalue weighted by molar-refractivity contribution is 6.02. The maximum absolute atomic E-state index is 12.2. The fraction of sp³-hybridized carbons (Fsp3) is 0.421. The van der Waals surface area contributed by atoms with Crippen LogP contribution in [0.15, 0.2) is 24.3 Å². The van der Waals surface area contributed by atoms with E-state index in [9.17, 15) is 4.79 Å². The van der Waals surface area contributed by atoms with Crippen molar-refractivity contribution < 1.29 is 4.79 Å². The number of rotatable bonds is 5. The Kier molecular flexibility index (Phi) is 4.51. The maximum atomic E-state index is 12.2. The first-order valence-corrected chi connectivity index (χ1v) is 8.55. The van der Waals surface area contributed by atoms with Crippen molar-refractivity contribution in [3.63, 3.8) is 0 Å². The van der Waals surface area contributed by atoms with Crippen molar-refractivity contribution in [3.8, 4) is 0 Å². The fourth-order valence-electron chi connectivity index (χ4n) is 2.89. The van der Waals surface area contributed by atoms with Gasteiger partial charge in [-0.05, 0) is 37.5 Å². The fourth-order valence-corrected chi connectivity index (χ4v) is 2.89. The average Bonchev–Trinajstić information content (AvgIpc) is 2.82. The molecule has 0 saturated heterocycles.